The van der Waals surface area contributed by atoms with E-state index in [1.54, 1.807) is 24.3 Å². The number of nitrogens with zero attached hydrogens (tertiary/aromatic N) is 3. The van der Waals surface area contributed by atoms with Gasteiger partial charge >= 0.3 is 0 Å². The van der Waals surface area contributed by atoms with E-state index in [4.69, 9.17) is 33.0 Å². The highest BCUT2D eigenvalue weighted by Crippen LogP contribution is 2.27. The Balaban J connectivity index is 1.83. The number of aromatic nitrogens is 2. The fourth-order valence-electron chi connectivity index (χ4n) is 1.77. The van der Waals surface area contributed by atoms with Crippen molar-refractivity contribution in [1.82, 2.24) is 10.1 Å². The molecule has 21 heavy (non-hydrogen) atoms. The van der Waals surface area contributed by atoms with Crippen LogP contribution in [-0.4, -0.2) is 10.1 Å². The van der Waals surface area contributed by atoms with E-state index in [1.165, 1.54) is 11.3 Å². The van der Waals surface area contributed by atoms with Crippen LogP contribution in [0.25, 0.3) is 10.8 Å². The van der Waals surface area contributed by atoms with Gasteiger partial charge < -0.3 is 4.52 Å². The highest BCUT2D eigenvalue weighted by molar-refractivity contribution is 7.15. The maximum atomic E-state index is 8.82. The first kappa shape index (κ1) is 14.1. The monoisotopic (exact) mass is 335 g/mol. The Morgan fingerprint density at radius 3 is 2.81 bits per heavy atom. The summed E-state index contributed by atoms with van der Waals surface area (Å²) in [5.74, 6) is 0.933. The number of halogens is 2. The average Bonchev–Trinajstić information content (AvgIpc) is 3.10. The molecule has 0 radical (unpaired) electrons. The molecule has 4 nitrogen and oxygen atoms in total. The van der Waals surface area contributed by atoms with Crippen molar-refractivity contribution in [2.24, 2.45) is 0 Å². The first-order valence-electron chi connectivity index (χ1n) is 5.92. The Bertz CT molecular complexity index is 835. The van der Waals surface area contributed by atoms with Gasteiger partial charge in [0.25, 0.3) is 5.89 Å². The van der Waals surface area contributed by atoms with Crippen LogP contribution in [0.2, 0.25) is 10.0 Å². The zero-order chi connectivity index (χ0) is 14.8. The standard InChI is InChI=1S/C14H7Cl2N3OS/c15-9-2-1-8(11(16)6-9)5-13-18-14(20-19-13)12-4-3-10(7-17)21-12/h1-4,6H,5H2. The second-order valence-corrected chi connectivity index (χ2v) is 6.13. The zero-order valence-corrected chi connectivity index (χ0v) is 12.8. The molecule has 0 N–H and O–H groups in total. The van der Waals surface area contributed by atoms with Crippen LogP contribution in [0.1, 0.15) is 16.3 Å². The van der Waals surface area contributed by atoms with Gasteiger partial charge in [-0.1, -0.05) is 34.4 Å². The van der Waals surface area contributed by atoms with Crippen molar-refractivity contribution in [3.63, 3.8) is 0 Å². The van der Waals surface area contributed by atoms with Crippen molar-refractivity contribution < 1.29 is 4.52 Å². The van der Waals surface area contributed by atoms with Crippen LogP contribution in [0.15, 0.2) is 34.9 Å². The van der Waals surface area contributed by atoms with Gasteiger partial charge in [-0.15, -0.1) is 11.3 Å². The van der Waals surface area contributed by atoms with Crippen LogP contribution in [0.3, 0.4) is 0 Å². The predicted octanol–water partition coefficient (Wildman–Crippen LogP) is 4.57. The lowest BCUT2D eigenvalue weighted by Gasteiger charge is -2.00. The molecule has 0 aliphatic carbocycles. The second-order valence-electron chi connectivity index (χ2n) is 4.20. The molecule has 0 aliphatic rings. The van der Waals surface area contributed by atoms with Gasteiger partial charge in [0.15, 0.2) is 5.82 Å². The lowest BCUT2D eigenvalue weighted by Crippen LogP contribution is -1.91. The summed E-state index contributed by atoms with van der Waals surface area (Å²) in [7, 11) is 0. The maximum absolute atomic E-state index is 8.82. The lowest BCUT2D eigenvalue weighted by atomic mass is 10.1. The van der Waals surface area contributed by atoms with Crippen LogP contribution in [-0.2, 0) is 6.42 Å². The van der Waals surface area contributed by atoms with Crippen molar-refractivity contribution in [1.29, 1.82) is 5.26 Å². The molecule has 0 unspecified atom stereocenters. The fourth-order valence-corrected chi connectivity index (χ4v) is 2.97. The Kier molecular flexibility index (Phi) is 3.93. The number of thiophene rings is 1. The molecular weight excluding hydrogens is 329 g/mol. The van der Waals surface area contributed by atoms with E-state index in [2.05, 4.69) is 16.2 Å². The summed E-state index contributed by atoms with van der Waals surface area (Å²) in [4.78, 5) is 5.69. The molecule has 0 aliphatic heterocycles. The largest absolute Gasteiger partial charge is 0.333 e. The second kappa shape index (κ2) is 5.86. The van der Waals surface area contributed by atoms with Crippen molar-refractivity contribution >= 4 is 34.5 Å². The van der Waals surface area contributed by atoms with Gasteiger partial charge in [-0.05, 0) is 29.8 Å². The minimum Gasteiger partial charge on any atom is -0.333 e. The normalized spacial score (nSPS) is 10.5. The first-order valence-corrected chi connectivity index (χ1v) is 7.50. The topological polar surface area (TPSA) is 62.7 Å². The van der Waals surface area contributed by atoms with Crippen molar-refractivity contribution in [2.75, 3.05) is 0 Å². The van der Waals surface area contributed by atoms with Crippen LogP contribution in [0.4, 0.5) is 0 Å². The van der Waals surface area contributed by atoms with Crippen molar-refractivity contribution in [3.8, 4) is 16.8 Å². The third-order valence-corrected chi connectivity index (χ3v) is 4.32. The van der Waals surface area contributed by atoms with E-state index in [0.717, 1.165) is 10.4 Å². The number of nitriles is 1. The zero-order valence-electron chi connectivity index (χ0n) is 10.5. The van der Waals surface area contributed by atoms with E-state index < -0.39 is 0 Å². The molecule has 3 aromatic rings. The van der Waals surface area contributed by atoms with E-state index in [-0.39, 0.29) is 0 Å². The lowest BCUT2D eigenvalue weighted by molar-refractivity contribution is 0.425. The molecule has 0 atom stereocenters. The fraction of sp³-hybridized carbons (Fsp3) is 0.0714. The first-order chi connectivity index (χ1) is 10.2. The van der Waals surface area contributed by atoms with Gasteiger partial charge in [0.05, 0.1) is 4.88 Å². The van der Waals surface area contributed by atoms with Crippen LogP contribution in [0.5, 0.6) is 0 Å². The SMILES string of the molecule is N#Cc1ccc(-c2nc(Cc3ccc(Cl)cc3Cl)no2)s1. The third kappa shape index (κ3) is 3.08. The highest BCUT2D eigenvalue weighted by Gasteiger charge is 2.13. The molecule has 0 bridgehead atoms. The molecule has 0 fully saturated rings. The minimum atomic E-state index is 0.404. The van der Waals surface area contributed by atoms with Crippen LogP contribution in [0, 0.1) is 11.3 Å². The van der Waals surface area contributed by atoms with Gasteiger partial charge in [-0.2, -0.15) is 10.2 Å². The third-order valence-electron chi connectivity index (χ3n) is 2.76. The number of rotatable bonds is 3. The Morgan fingerprint density at radius 1 is 1.24 bits per heavy atom. The summed E-state index contributed by atoms with van der Waals surface area (Å²) in [5.41, 5.74) is 0.873. The Hall–Kier alpha value is -1.87. The summed E-state index contributed by atoms with van der Waals surface area (Å²) in [6.45, 7) is 0. The molecule has 0 saturated carbocycles. The molecule has 0 spiro atoms. The summed E-state index contributed by atoms with van der Waals surface area (Å²) >= 11 is 13.3. The number of hydrogen-bond acceptors (Lipinski definition) is 5. The van der Waals surface area contributed by atoms with Gasteiger partial charge in [-0.25, -0.2) is 0 Å². The van der Waals surface area contributed by atoms with Crippen LogP contribution < -0.4 is 0 Å². The molecule has 0 amide bonds. The average molecular weight is 336 g/mol. The number of benzene rings is 1. The van der Waals surface area contributed by atoms with E-state index >= 15 is 0 Å². The predicted molar refractivity (Wildman–Crippen MR) is 81.6 cm³/mol. The molecule has 104 valence electrons. The van der Waals surface area contributed by atoms with E-state index in [9.17, 15) is 0 Å². The van der Waals surface area contributed by atoms with Crippen LogP contribution >= 0.6 is 34.5 Å². The van der Waals surface area contributed by atoms with E-state index in [1.807, 2.05) is 6.07 Å². The van der Waals surface area contributed by atoms with Gasteiger partial charge in [0, 0.05) is 16.5 Å². The van der Waals surface area contributed by atoms with Crippen molar-refractivity contribution in [2.45, 2.75) is 6.42 Å². The number of hydrogen-bond donors (Lipinski definition) is 0. The Labute approximate surface area is 134 Å². The molecule has 1 aromatic carbocycles. The minimum absolute atomic E-state index is 0.404. The highest BCUT2D eigenvalue weighted by atomic mass is 35.5. The summed E-state index contributed by atoms with van der Waals surface area (Å²) in [6.07, 6.45) is 0.454. The summed E-state index contributed by atoms with van der Waals surface area (Å²) in [6, 6.07) is 10.9. The van der Waals surface area contributed by atoms with Crippen molar-refractivity contribution in [3.05, 3.63) is 56.6 Å². The summed E-state index contributed by atoms with van der Waals surface area (Å²) < 4.78 is 5.22. The molecule has 3 rings (SSSR count). The van der Waals surface area contributed by atoms with Gasteiger partial charge in [0.2, 0.25) is 0 Å². The van der Waals surface area contributed by atoms with Gasteiger partial charge in [-0.3, -0.25) is 0 Å². The molecular formula is C14H7Cl2N3OS. The Morgan fingerprint density at radius 2 is 2.10 bits per heavy atom. The van der Waals surface area contributed by atoms with E-state index in [0.29, 0.717) is 33.1 Å². The molecule has 7 heteroatoms. The molecule has 2 heterocycles. The molecule has 0 saturated heterocycles. The molecule has 2 aromatic heterocycles. The maximum Gasteiger partial charge on any atom is 0.268 e. The van der Waals surface area contributed by atoms with Gasteiger partial charge in [0.1, 0.15) is 10.9 Å². The smallest absolute Gasteiger partial charge is 0.268 e. The quantitative estimate of drug-likeness (QED) is 0.703. The summed E-state index contributed by atoms with van der Waals surface area (Å²) in [5, 5.41) is 13.9.